The van der Waals surface area contributed by atoms with E-state index in [2.05, 4.69) is 10.4 Å². The number of amides is 2. The van der Waals surface area contributed by atoms with Crippen molar-refractivity contribution in [2.45, 2.75) is 0 Å². The van der Waals surface area contributed by atoms with Crippen LogP contribution in [0, 0.1) is 0 Å². The van der Waals surface area contributed by atoms with Crippen LogP contribution >= 0.6 is 23.2 Å². The smallest absolute Gasteiger partial charge is 0.269 e. The Morgan fingerprint density at radius 2 is 2.05 bits per heavy atom. The number of anilines is 1. The van der Waals surface area contributed by atoms with Gasteiger partial charge < -0.3 is 11.1 Å². The zero-order valence-electron chi connectivity index (χ0n) is 10.4. The van der Waals surface area contributed by atoms with Crippen molar-refractivity contribution in [1.82, 2.24) is 9.78 Å². The largest absolute Gasteiger partial charge is 0.364 e. The van der Waals surface area contributed by atoms with Gasteiger partial charge in [0, 0.05) is 7.05 Å². The van der Waals surface area contributed by atoms with Crippen LogP contribution in [0.25, 0.3) is 0 Å². The van der Waals surface area contributed by atoms with Crippen LogP contribution in [-0.4, -0.2) is 21.6 Å². The molecule has 0 aliphatic carbocycles. The van der Waals surface area contributed by atoms with E-state index in [4.69, 9.17) is 28.9 Å². The number of aromatic nitrogens is 2. The molecule has 0 saturated heterocycles. The second-order valence-corrected chi connectivity index (χ2v) is 4.74. The summed E-state index contributed by atoms with van der Waals surface area (Å²) in [5.74, 6) is -1.20. The fourth-order valence-corrected chi connectivity index (χ4v) is 2.08. The third kappa shape index (κ3) is 2.61. The summed E-state index contributed by atoms with van der Waals surface area (Å²) in [5, 5.41) is 6.80. The van der Waals surface area contributed by atoms with E-state index in [0.29, 0.717) is 0 Å². The molecule has 8 heteroatoms. The van der Waals surface area contributed by atoms with Crippen LogP contribution in [0.1, 0.15) is 20.8 Å². The van der Waals surface area contributed by atoms with E-state index >= 15 is 0 Å². The van der Waals surface area contributed by atoms with E-state index in [1.807, 2.05) is 0 Å². The molecule has 0 spiro atoms. The molecule has 0 aliphatic rings. The van der Waals surface area contributed by atoms with Crippen molar-refractivity contribution in [2.75, 3.05) is 5.32 Å². The summed E-state index contributed by atoms with van der Waals surface area (Å²) < 4.78 is 1.28. The summed E-state index contributed by atoms with van der Waals surface area (Å²) in [6.45, 7) is 0. The number of carbonyl (C=O) groups is 2. The SMILES string of the molecule is Cn1ncc(NC(=O)c2cccc(Cl)c2Cl)c1C(N)=O. The fraction of sp³-hybridized carbons (Fsp3) is 0.0833. The molecule has 1 aromatic heterocycles. The zero-order valence-corrected chi connectivity index (χ0v) is 11.9. The number of aryl methyl sites for hydroxylation is 1. The van der Waals surface area contributed by atoms with E-state index in [0.717, 1.165) is 0 Å². The lowest BCUT2D eigenvalue weighted by Crippen LogP contribution is -2.20. The van der Waals surface area contributed by atoms with Crippen LogP contribution < -0.4 is 11.1 Å². The molecule has 6 nitrogen and oxygen atoms in total. The molecule has 20 heavy (non-hydrogen) atoms. The maximum atomic E-state index is 12.1. The molecule has 0 saturated carbocycles. The maximum absolute atomic E-state index is 12.1. The molecule has 3 N–H and O–H groups in total. The van der Waals surface area contributed by atoms with E-state index in [9.17, 15) is 9.59 Å². The lowest BCUT2D eigenvalue weighted by molar-refractivity contribution is 0.0992. The second-order valence-electron chi connectivity index (χ2n) is 3.95. The standard InChI is InChI=1S/C12H10Cl2N4O2/c1-18-10(11(15)19)8(5-16-18)17-12(20)6-3-2-4-7(13)9(6)14/h2-5H,1H3,(H2,15,19)(H,17,20). The van der Waals surface area contributed by atoms with Crippen molar-refractivity contribution < 1.29 is 9.59 Å². The minimum Gasteiger partial charge on any atom is -0.364 e. The van der Waals surface area contributed by atoms with Gasteiger partial charge in [0.15, 0.2) is 0 Å². The Morgan fingerprint density at radius 3 is 2.70 bits per heavy atom. The van der Waals surface area contributed by atoms with Crippen molar-refractivity contribution in [3.05, 3.63) is 45.7 Å². The van der Waals surface area contributed by atoms with Gasteiger partial charge in [-0.3, -0.25) is 14.3 Å². The Bertz CT molecular complexity index is 697. The summed E-state index contributed by atoms with van der Waals surface area (Å²) >= 11 is 11.8. The summed E-state index contributed by atoms with van der Waals surface area (Å²) in [5.41, 5.74) is 5.73. The first kappa shape index (κ1) is 14.4. The van der Waals surface area contributed by atoms with Gasteiger partial charge in [-0.15, -0.1) is 0 Å². The molecule has 104 valence electrons. The van der Waals surface area contributed by atoms with E-state index in [1.54, 1.807) is 19.2 Å². The average molecular weight is 313 g/mol. The molecule has 0 atom stereocenters. The van der Waals surface area contributed by atoms with Crippen LogP contribution in [0.2, 0.25) is 10.0 Å². The maximum Gasteiger partial charge on any atom is 0.269 e. The first-order valence-electron chi connectivity index (χ1n) is 5.49. The first-order chi connectivity index (χ1) is 9.41. The lowest BCUT2D eigenvalue weighted by atomic mass is 10.2. The second kappa shape index (κ2) is 5.52. The predicted molar refractivity (Wildman–Crippen MR) is 76.1 cm³/mol. The van der Waals surface area contributed by atoms with Gasteiger partial charge >= 0.3 is 0 Å². The number of hydrogen-bond acceptors (Lipinski definition) is 3. The van der Waals surface area contributed by atoms with Gasteiger partial charge in [-0.2, -0.15) is 5.10 Å². The van der Waals surface area contributed by atoms with Gasteiger partial charge in [-0.05, 0) is 12.1 Å². The molecule has 1 aromatic carbocycles. The number of hydrogen-bond donors (Lipinski definition) is 2. The number of nitrogens with one attached hydrogen (secondary N) is 1. The highest BCUT2D eigenvalue weighted by molar-refractivity contribution is 6.44. The molecular weight excluding hydrogens is 303 g/mol. The van der Waals surface area contributed by atoms with Crippen LogP contribution in [0.4, 0.5) is 5.69 Å². The molecule has 0 radical (unpaired) electrons. The summed E-state index contributed by atoms with van der Waals surface area (Å²) in [6.07, 6.45) is 1.33. The summed E-state index contributed by atoms with van der Waals surface area (Å²) in [6, 6.07) is 4.69. The van der Waals surface area contributed by atoms with E-state index in [1.165, 1.54) is 16.9 Å². The number of nitrogens with two attached hydrogens (primary N) is 1. The Balaban J connectivity index is 2.33. The normalized spacial score (nSPS) is 10.3. The van der Waals surface area contributed by atoms with Gasteiger partial charge in [-0.25, -0.2) is 0 Å². The van der Waals surface area contributed by atoms with Crippen molar-refractivity contribution in [2.24, 2.45) is 12.8 Å². The number of nitrogens with zero attached hydrogens (tertiary/aromatic N) is 2. The molecule has 2 amide bonds. The number of carbonyl (C=O) groups excluding carboxylic acids is 2. The molecular formula is C12H10Cl2N4O2. The minimum atomic E-state index is -0.697. The van der Waals surface area contributed by atoms with Gasteiger partial charge in [0.25, 0.3) is 11.8 Å². The summed E-state index contributed by atoms with van der Waals surface area (Å²) in [4.78, 5) is 23.4. The lowest BCUT2D eigenvalue weighted by Gasteiger charge is -2.07. The topological polar surface area (TPSA) is 90.0 Å². The van der Waals surface area contributed by atoms with Crippen LogP contribution in [0.3, 0.4) is 0 Å². The third-order valence-electron chi connectivity index (χ3n) is 2.62. The van der Waals surface area contributed by atoms with E-state index in [-0.39, 0.29) is 27.0 Å². The Morgan fingerprint density at radius 1 is 1.35 bits per heavy atom. The molecule has 2 rings (SSSR count). The van der Waals surface area contributed by atoms with Crippen LogP contribution in [0.15, 0.2) is 24.4 Å². The van der Waals surface area contributed by atoms with Gasteiger partial charge in [-0.1, -0.05) is 29.3 Å². The van der Waals surface area contributed by atoms with Gasteiger partial charge in [0.05, 0.1) is 27.5 Å². The molecule has 0 fully saturated rings. The molecule has 1 heterocycles. The van der Waals surface area contributed by atoms with Crippen LogP contribution in [0.5, 0.6) is 0 Å². The highest BCUT2D eigenvalue weighted by Gasteiger charge is 2.18. The predicted octanol–water partition coefficient (Wildman–Crippen LogP) is 2.08. The first-order valence-corrected chi connectivity index (χ1v) is 6.24. The van der Waals surface area contributed by atoms with E-state index < -0.39 is 11.8 Å². The molecule has 2 aromatic rings. The molecule has 0 bridgehead atoms. The quantitative estimate of drug-likeness (QED) is 0.909. The number of halogens is 2. The number of primary amides is 1. The van der Waals surface area contributed by atoms with Crippen molar-refractivity contribution in [3.8, 4) is 0 Å². The average Bonchev–Trinajstić information content (AvgIpc) is 2.73. The summed E-state index contributed by atoms with van der Waals surface area (Å²) in [7, 11) is 1.54. The zero-order chi connectivity index (χ0) is 14.9. The highest BCUT2D eigenvalue weighted by Crippen LogP contribution is 2.26. The van der Waals surface area contributed by atoms with Crippen molar-refractivity contribution in [1.29, 1.82) is 0 Å². The highest BCUT2D eigenvalue weighted by atomic mass is 35.5. The molecule has 0 aliphatic heterocycles. The monoisotopic (exact) mass is 312 g/mol. The number of rotatable bonds is 3. The van der Waals surface area contributed by atoms with Gasteiger partial charge in [0.1, 0.15) is 5.69 Å². The van der Waals surface area contributed by atoms with Crippen molar-refractivity contribution >= 4 is 40.7 Å². The van der Waals surface area contributed by atoms with Gasteiger partial charge in [0.2, 0.25) is 0 Å². The van der Waals surface area contributed by atoms with Crippen LogP contribution in [-0.2, 0) is 7.05 Å². The fourth-order valence-electron chi connectivity index (χ4n) is 1.69. The van der Waals surface area contributed by atoms with Crippen molar-refractivity contribution in [3.63, 3.8) is 0 Å². The Labute approximate surface area is 124 Å². The minimum absolute atomic E-state index is 0.0940. The molecule has 0 unspecified atom stereocenters. The Kier molecular flexibility index (Phi) is 3.96. The Hall–Kier alpha value is -2.05. The number of benzene rings is 1. The third-order valence-corrected chi connectivity index (χ3v) is 3.44.